The minimum Gasteiger partial charge on any atom is -0.497 e. The lowest BCUT2D eigenvalue weighted by Gasteiger charge is -2.10. The fourth-order valence-corrected chi connectivity index (χ4v) is 2.13. The van der Waals surface area contributed by atoms with E-state index in [2.05, 4.69) is 5.32 Å². The number of carbonyl (C=O) groups excluding carboxylic acids is 1. The summed E-state index contributed by atoms with van der Waals surface area (Å²) in [5.41, 5.74) is 8.12. The van der Waals surface area contributed by atoms with Crippen LogP contribution in [0, 0.1) is 6.92 Å². The number of hydrogen-bond donors (Lipinski definition) is 2. The Morgan fingerprint density at radius 2 is 1.83 bits per heavy atom. The second-order valence-electron chi connectivity index (χ2n) is 5.25. The van der Waals surface area contributed by atoms with Gasteiger partial charge in [-0.3, -0.25) is 4.79 Å². The Bertz CT molecular complexity index is 654. The summed E-state index contributed by atoms with van der Waals surface area (Å²) in [7, 11) is 1.62. The van der Waals surface area contributed by atoms with Crippen LogP contribution in [0.15, 0.2) is 42.5 Å². The summed E-state index contributed by atoms with van der Waals surface area (Å²) < 4.78 is 10.7. The Hall–Kier alpha value is -2.69. The highest BCUT2D eigenvalue weighted by atomic mass is 16.5. The molecule has 0 unspecified atom stereocenters. The van der Waals surface area contributed by atoms with E-state index in [9.17, 15) is 4.79 Å². The van der Waals surface area contributed by atoms with Gasteiger partial charge in [0, 0.05) is 17.8 Å². The molecule has 5 nitrogen and oxygen atoms in total. The highest BCUT2D eigenvalue weighted by Crippen LogP contribution is 2.19. The summed E-state index contributed by atoms with van der Waals surface area (Å²) in [6, 6.07) is 12.8. The van der Waals surface area contributed by atoms with Crippen molar-refractivity contribution >= 4 is 17.3 Å². The van der Waals surface area contributed by atoms with Crippen molar-refractivity contribution in [3.63, 3.8) is 0 Å². The van der Waals surface area contributed by atoms with Gasteiger partial charge in [-0.2, -0.15) is 0 Å². The quantitative estimate of drug-likeness (QED) is 0.607. The third-order valence-electron chi connectivity index (χ3n) is 3.40. The van der Waals surface area contributed by atoms with Gasteiger partial charge in [-0.25, -0.2) is 0 Å². The van der Waals surface area contributed by atoms with E-state index in [1.807, 2.05) is 43.3 Å². The number of hydrogen-bond acceptors (Lipinski definition) is 4. The summed E-state index contributed by atoms with van der Waals surface area (Å²) in [6.45, 7) is 2.40. The maximum Gasteiger partial charge on any atom is 0.224 e. The minimum absolute atomic E-state index is 0.0313. The number of aryl methyl sites for hydroxylation is 1. The van der Waals surface area contributed by atoms with E-state index in [0.29, 0.717) is 25.1 Å². The second-order valence-corrected chi connectivity index (χ2v) is 5.25. The number of nitrogens with two attached hydrogens (primary N) is 1. The first kappa shape index (κ1) is 16.7. The monoisotopic (exact) mass is 314 g/mol. The molecule has 0 atom stereocenters. The smallest absolute Gasteiger partial charge is 0.224 e. The Labute approximate surface area is 136 Å². The van der Waals surface area contributed by atoms with Crippen molar-refractivity contribution in [2.45, 2.75) is 19.8 Å². The first-order chi connectivity index (χ1) is 11.1. The molecule has 0 bridgehead atoms. The van der Waals surface area contributed by atoms with E-state index >= 15 is 0 Å². The molecule has 122 valence electrons. The fraction of sp³-hybridized carbons (Fsp3) is 0.278. The normalized spacial score (nSPS) is 10.2. The van der Waals surface area contributed by atoms with Crippen molar-refractivity contribution in [1.82, 2.24) is 0 Å². The number of benzene rings is 2. The van der Waals surface area contributed by atoms with Gasteiger partial charge >= 0.3 is 0 Å². The van der Waals surface area contributed by atoms with Crippen LogP contribution in [-0.4, -0.2) is 19.6 Å². The standard InChI is InChI=1S/C18H22N2O3/c1-13-12-14(19)5-10-17(13)20-18(21)4-3-11-23-16-8-6-15(22-2)7-9-16/h5-10,12H,3-4,11,19H2,1-2H3,(H,20,21). The average molecular weight is 314 g/mol. The molecule has 0 aliphatic carbocycles. The maximum atomic E-state index is 11.9. The number of anilines is 2. The fourth-order valence-electron chi connectivity index (χ4n) is 2.13. The number of ether oxygens (including phenoxy) is 2. The van der Waals surface area contributed by atoms with Crippen LogP contribution in [-0.2, 0) is 4.79 Å². The number of amides is 1. The van der Waals surface area contributed by atoms with Crippen molar-refractivity contribution in [3.05, 3.63) is 48.0 Å². The number of methoxy groups -OCH3 is 1. The molecule has 2 aromatic carbocycles. The summed E-state index contributed by atoms with van der Waals surface area (Å²) in [6.07, 6.45) is 1.05. The summed E-state index contributed by atoms with van der Waals surface area (Å²) in [4.78, 5) is 11.9. The number of rotatable bonds is 7. The van der Waals surface area contributed by atoms with Gasteiger partial charge in [-0.1, -0.05) is 0 Å². The lowest BCUT2D eigenvalue weighted by Crippen LogP contribution is -2.13. The predicted molar refractivity (Wildman–Crippen MR) is 91.9 cm³/mol. The van der Waals surface area contributed by atoms with Crippen LogP contribution < -0.4 is 20.5 Å². The van der Waals surface area contributed by atoms with Crippen molar-refractivity contribution in [3.8, 4) is 11.5 Å². The van der Waals surface area contributed by atoms with Gasteiger partial charge in [0.05, 0.1) is 13.7 Å². The molecule has 0 aliphatic rings. The van der Waals surface area contributed by atoms with Crippen LogP contribution in [0.2, 0.25) is 0 Å². The largest absolute Gasteiger partial charge is 0.497 e. The van der Waals surface area contributed by atoms with Crippen LogP contribution in [0.1, 0.15) is 18.4 Å². The van der Waals surface area contributed by atoms with E-state index in [1.165, 1.54) is 0 Å². The zero-order valence-electron chi connectivity index (χ0n) is 13.5. The van der Waals surface area contributed by atoms with Crippen LogP contribution in [0.3, 0.4) is 0 Å². The third kappa shape index (κ3) is 5.21. The molecular formula is C18H22N2O3. The van der Waals surface area contributed by atoms with Gasteiger partial charge in [-0.05, 0) is 61.4 Å². The lowest BCUT2D eigenvalue weighted by molar-refractivity contribution is -0.116. The molecule has 2 aromatic rings. The Balaban J connectivity index is 1.72. The third-order valence-corrected chi connectivity index (χ3v) is 3.40. The molecule has 0 aliphatic heterocycles. The first-order valence-electron chi connectivity index (χ1n) is 7.51. The lowest BCUT2D eigenvalue weighted by atomic mass is 10.1. The number of nitrogen functional groups attached to an aromatic ring is 1. The molecule has 1 amide bonds. The summed E-state index contributed by atoms with van der Waals surface area (Å²) in [5, 5.41) is 2.88. The molecule has 5 heteroatoms. The van der Waals surface area contributed by atoms with Crippen LogP contribution >= 0.6 is 0 Å². The Kier molecular flexibility index (Phi) is 5.86. The highest BCUT2D eigenvalue weighted by Gasteiger charge is 2.05. The van der Waals surface area contributed by atoms with Crippen molar-refractivity contribution in [2.75, 3.05) is 24.8 Å². The molecule has 3 N–H and O–H groups in total. The van der Waals surface area contributed by atoms with Gasteiger partial charge in [0.15, 0.2) is 0 Å². The first-order valence-corrected chi connectivity index (χ1v) is 7.51. The van der Waals surface area contributed by atoms with Crippen molar-refractivity contribution < 1.29 is 14.3 Å². The molecular weight excluding hydrogens is 292 g/mol. The Morgan fingerprint density at radius 3 is 2.48 bits per heavy atom. The highest BCUT2D eigenvalue weighted by molar-refractivity contribution is 5.91. The van der Waals surface area contributed by atoms with Gasteiger partial charge in [-0.15, -0.1) is 0 Å². The van der Waals surface area contributed by atoms with Crippen LogP contribution in [0.4, 0.5) is 11.4 Å². The van der Waals surface area contributed by atoms with E-state index in [4.69, 9.17) is 15.2 Å². The molecule has 0 saturated heterocycles. The van der Waals surface area contributed by atoms with Crippen molar-refractivity contribution in [1.29, 1.82) is 0 Å². The molecule has 0 aromatic heterocycles. The van der Waals surface area contributed by atoms with Gasteiger partial charge in [0.2, 0.25) is 5.91 Å². The number of carbonyl (C=O) groups is 1. The summed E-state index contributed by atoms with van der Waals surface area (Å²) >= 11 is 0. The summed E-state index contributed by atoms with van der Waals surface area (Å²) in [5.74, 6) is 1.52. The zero-order valence-corrected chi connectivity index (χ0v) is 13.5. The average Bonchev–Trinajstić information content (AvgIpc) is 2.55. The number of nitrogens with one attached hydrogen (secondary N) is 1. The topological polar surface area (TPSA) is 73.6 Å². The molecule has 0 spiro atoms. The van der Waals surface area contributed by atoms with Gasteiger partial charge < -0.3 is 20.5 Å². The van der Waals surface area contributed by atoms with E-state index in [1.54, 1.807) is 13.2 Å². The van der Waals surface area contributed by atoms with Gasteiger partial charge in [0.25, 0.3) is 0 Å². The second kappa shape index (κ2) is 8.08. The van der Waals surface area contributed by atoms with E-state index in [0.717, 1.165) is 22.7 Å². The zero-order chi connectivity index (χ0) is 16.7. The van der Waals surface area contributed by atoms with E-state index in [-0.39, 0.29) is 5.91 Å². The molecule has 0 saturated carbocycles. The maximum absolute atomic E-state index is 11.9. The van der Waals surface area contributed by atoms with Crippen molar-refractivity contribution in [2.24, 2.45) is 0 Å². The SMILES string of the molecule is COc1ccc(OCCCC(=O)Nc2ccc(N)cc2C)cc1. The molecule has 23 heavy (non-hydrogen) atoms. The Morgan fingerprint density at radius 1 is 1.13 bits per heavy atom. The molecule has 0 heterocycles. The predicted octanol–water partition coefficient (Wildman–Crippen LogP) is 3.38. The molecule has 0 fully saturated rings. The van der Waals surface area contributed by atoms with E-state index < -0.39 is 0 Å². The minimum atomic E-state index is -0.0313. The van der Waals surface area contributed by atoms with Crippen LogP contribution in [0.5, 0.6) is 11.5 Å². The van der Waals surface area contributed by atoms with Crippen LogP contribution in [0.25, 0.3) is 0 Å². The van der Waals surface area contributed by atoms with Gasteiger partial charge in [0.1, 0.15) is 11.5 Å². The molecule has 0 radical (unpaired) electrons. The molecule has 2 rings (SSSR count).